The van der Waals surface area contributed by atoms with Crippen LogP contribution in [0.4, 0.5) is 0 Å². The van der Waals surface area contributed by atoms with Crippen molar-refractivity contribution in [3.05, 3.63) is 0 Å². The molecule has 4 atom stereocenters. The summed E-state index contributed by atoms with van der Waals surface area (Å²) in [4.78, 5) is 71.5. The van der Waals surface area contributed by atoms with Gasteiger partial charge in [0.2, 0.25) is 34.6 Å². The molecule has 194 valence electrons. The van der Waals surface area contributed by atoms with Crippen molar-refractivity contribution < 1.29 is 39.0 Å². The Morgan fingerprint density at radius 2 is 1.59 bits per heavy atom. The summed E-state index contributed by atoms with van der Waals surface area (Å²) < 4.78 is 0. The molecule has 0 fully saturated rings. The van der Waals surface area contributed by atoms with E-state index in [-0.39, 0.29) is 18.4 Å². The molecule has 0 saturated carbocycles. The van der Waals surface area contributed by atoms with Crippen molar-refractivity contribution in [3.8, 4) is 0 Å². The number of amides is 5. The third kappa shape index (κ3) is 11.9. The van der Waals surface area contributed by atoms with Gasteiger partial charge in [-0.1, -0.05) is 0 Å². The summed E-state index contributed by atoms with van der Waals surface area (Å²) in [6, 6.07) is -4.17. The Bertz CT molecular complexity index is 774. The molecule has 0 aliphatic carbocycles. The second-order valence-corrected chi connectivity index (χ2v) is 9.41. The van der Waals surface area contributed by atoms with Gasteiger partial charge in [0, 0.05) is 5.54 Å². The minimum Gasteiger partial charge on any atom is -0.394 e. The Balaban J connectivity index is 5.12. The number of thioether (sulfide) groups is 1. The van der Waals surface area contributed by atoms with E-state index >= 15 is 0 Å². The Kier molecular flexibility index (Phi) is 12.7. The van der Waals surface area contributed by atoms with Gasteiger partial charge < -0.3 is 42.5 Å². The third-order valence-corrected chi connectivity index (χ3v) is 5.00. The first-order valence-corrected chi connectivity index (χ1v) is 11.4. The maximum Gasteiger partial charge on any atom is 0.246 e. The summed E-state index contributed by atoms with van der Waals surface area (Å²) in [6.45, 7) is 5.91. The fraction of sp³-hybridized carbons (Fsp3) is 0.684. The molecule has 5 amide bonds. The van der Waals surface area contributed by atoms with Gasteiger partial charge in [0.25, 0.3) is 0 Å². The number of carbonyl (C=O) groups excluding carboxylic acids is 6. The van der Waals surface area contributed by atoms with E-state index in [9.17, 15) is 39.0 Å². The highest BCUT2D eigenvalue weighted by atomic mass is 32.2. The number of primary amides is 1. The molecule has 9 N–H and O–H groups in total. The third-order valence-electron chi connectivity index (χ3n) is 4.18. The maximum atomic E-state index is 12.5. The minimum atomic E-state index is -2.29. The second-order valence-electron chi connectivity index (χ2n) is 8.38. The molecule has 15 heteroatoms. The number of nitrogens with two attached hydrogens (primary N) is 1. The van der Waals surface area contributed by atoms with Crippen LogP contribution in [0.3, 0.4) is 0 Å². The molecule has 0 rings (SSSR count). The molecule has 0 aliphatic rings. The zero-order valence-electron chi connectivity index (χ0n) is 19.8. The average Bonchev–Trinajstić information content (AvgIpc) is 2.74. The van der Waals surface area contributed by atoms with Crippen LogP contribution in [0.1, 0.15) is 34.1 Å². The number of aldehydes is 1. The fourth-order valence-corrected chi connectivity index (χ4v) is 2.56. The van der Waals surface area contributed by atoms with Crippen LogP contribution in [0.5, 0.6) is 0 Å². The summed E-state index contributed by atoms with van der Waals surface area (Å²) in [5.41, 5.74) is 4.74. The van der Waals surface area contributed by atoms with E-state index in [4.69, 9.17) is 5.73 Å². The average molecular weight is 507 g/mol. The first-order chi connectivity index (χ1) is 15.6. The van der Waals surface area contributed by atoms with Crippen LogP contribution in [0.25, 0.3) is 0 Å². The van der Waals surface area contributed by atoms with Crippen molar-refractivity contribution in [2.75, 3.05) is 19.4 Å². The highest BCUT2D eigenvalue weighted by molar-refractivity contribution is 8.00. The minimum absolute atomic E-state index is 0.0574. The second kappa shape index (κ2) is 13.8. The highest BCUT2D eigenvalue weighted by Gasteiger charge is 2.33. The number of hydrogen-bond acceptors (Lipinski definition) is 10. The Labute approximate surface area is 201 Å². The summed E-state index contributed by atoms with van der Waals surface area (Å²) in [7, 11) is 0. The number of aliphatic hydroxyl groups excluding tert-OH is 1. The van der Waals surface area contributed by atoms with Gasteiger partial charge in [-0.25, -0.2) is 0 Å². The van der Waals surface area contributed by atoms with Crippen molar-refractivity contribution in [2.45, 2.75) is 62.8 Å². The van der Waals surface area contributed by atoms with E-state index in [0.29, 0.717) is 11.8 Å². The summed E-state index contributed by atoms with van der Waals surface area (Å²) in [6.07, 6.45) is 0.739. The summed E-state index contributed by atoms with van der Waals surface area (Å²) in [5.74, 6) is -4.37. The Morgan fingerprint density at radius 3 is 2.03 bits per heavy atom. The van der Waals surface area contributed by atoms with E-state index in [1.807, 2.05) is 26.1 Å². The van der Waals surface area contributed by atoms with Crippen molar-refractivity contribution in [1.82, 2.24) is 26.6 Å². The molecule has 0 aliphatic heterocycles. The number of nitrogens with one attached hydrogen (secondary N) is 5. The van der Waals surface area contributed by atoms with Crippen LogP contribution < -0.4 is 32.3 Å². The van der Waals surface area contributed by atoms with Crippen molar-refractivity contribution >= 4 is 47.6 Å². The lowest BCUT2D eigenvalue weighted by atomic mass is 10.1. The number of rotatable bonds is 14. The molecular formula is C19H34N6O8S. The molecule has 0 aromatic rings. The monoisotopic (exact) mass is 506 g/mol. The van der Waals surface area contributed by atoms with Gasteiger partial charge in [0.1, 0.15) is 18.1 Å². The predicted octanol–water partition coefficient (Wildman–Crippen LogP) is -3.96. The molecule has 0 aromatic carbocycles. The molecule has 0 aromatic heterocycles. The van der Waals surface area contributed by atoms with Crippen molar-refractivity contribution in [1.29, 1.82) is 0 Å². The number of hydrogen-bond donors (Lipinski definition) is 8. The van der Waals surface area contributed by atoms with E-state index in [1.165, 1.54) is 13.2 Å². The van der Waals surface area contributed by atoms with Crippen LogP contribution in [-0.2, 0) is 28.8 Å². The van der Waals surface area contributed by atoms with Gasteiger partial charge in [-0.2, -0.15) is 0 Å². The molecular weight excluding hydrogens is 472 g/mol. The highest BCUT2D eigenvalue weighted by Crippen LogP contribution is 2.13. The lowest BCUT2D eigenvalue weighted by molar-refractivity contribution is -0.137. The lowest BCUT2D eigenvalue weighted by Crippen LogP contribution is -2.59. The summed E-state index contributed by atoms with van der Waals surface area (Å²) in [5, 5.41) is 28.7. The van der Waals surface area contributed by atoms with Gasteiger partial charge in [-0.15, -0.1) is 11.8 Å². The standard InChI is InChI=1S/C19H34N6O8S/c1-10(22-16(31)12(8-26)23-14(29)7-21-18(2,3)4)15(30)24-11(6-13(20)28)17(32)25-19(33,9-27)34-5/h9-12,21,26,33H,6-8H2,1-5H3,(H2,20,28)(H,22,31)(H,23,29)(H,24,30)(H,25,32)/t10-,11-,12?,19?/m0/s1. The smallest absolute Gasteiger partial charge is 0.246 e. The zero-order valence-corrected chi connectivity index (χ0v) is 20.6. The normalized spacial score (nSPS) is 15.6. The van der Waals surface area contributed by atoms with E-state index in [1.54, 1.807) is 0 Å². The first-order valence-electron chi connectivity index (χ1n) is 10.2. The molecule has 0 bridgehead atoms. The van der Waals surface area contributed by atoms with Gasteiger partial charge in [0.05, 0.1) is 19.6 Å². The van der Waals surface area contributed by atoms with Crippen molar-refractivity contribution in [2.24, 2.45) is 5.73 Å². The topological polar surface area (TPSA) is 229 Å². The van der Waals surface area contributed by atoms with Crippen molar-refractivity contribution in [3.63, 3.8) is 0 Å². The van der Waals surface area contributed by atoms with Crippen LogP contribution in [0, 0.1) is 0 Å². The fourth-order valence-electron chi connectivity index (χ4n) is 2.26. The molecule has 34 heavy (non-hydrogen) atoms. The van der Waals surface area contributed by atoms with E-state index in [0.717, 1.165) is 0 Å². The maximum absolute atomic E-state index is 12.5. The molecule has 0 heterocycles. The number of aliphatic hydroxyl groups is 2. The van der Waals surface area contributed by atoms with Crippen LogP contribution in [0.15, 0.2) is 0 Å². The first kappa shape index (κ1) is 31.2. The molecule has 0 radical (unpaired) electrons. The van der Waals surface area contributed by atoms with Gasteiger partial charge >= 0.3 is 0 Å². The lowest BCUT2D eigenvalue weighted by Gasteiger charge is -2.26. The van der Waals surface area contributed by atoms with Crippen LogP contribution in [-0.4, -0.2) is 94.2 Å². The van der Waals surface area contributed by atoms with Gasteiger partial charge in [-0.05, 0) is 34.0 Å². The van der Waals surface area contributed by atoms with Crippen LogP contribution >= 0.6 is 11.8 Å². The van der Waals surface area contributed by atoms with E-state index < -0.39 is 65.7 Å². The molecule has 0 spiro atoms. The molecule has 14 nitrogen and oxygen atoms in total. The number of carbonyl (C=O) groups is 6. The summed E-state index contributed by atoms with van der Waals surface area (Å²) >= 11 is 0.593. The molecule has 2 unspecified atom stereocenters. The van der Waals surface area contributed by atoms with Gasteiger partial charge in [-0.3, -0.25) is 28.8 Å². The Hall–Kier alpha value is -2.75. The zero-order chi connectivity index (χ0) is 26.7. The van der Waals surface area contributed by atoms with E-state index in [2.05, 4.69) is 21.3 Å². The predicted molar refractivity (Wildman–Crippen MR) is 123 cm³/mol. The Morgan fingerprint density at radius 1 is 1.00 bits per heavy atom. The van der Waals surface area contributed by atoms with Crippen LogP contribution in [0.2, 0.25) is 0 Å². The van der Waals surface area contributed by atoms with Gasteiger partial charge in [0.15, 0.2) is 6.29 Å². The largest absolute Gasteiger partial charge is 0.394 e. The quantitative estimate of drug-likeness (QED) is 0.0841. The SMILES string of the molecule is CSC(O)(C=O)NC(=O)[C@H](CC(N)=O)NC(=O)[C@H](C)NC(=O)C(CO)NC(=O)CNC(C)(C)C. The molecule has 0 saturated heterocycles.